The van der Waals surface area contributed by atoms with E-state index in [0.29, 0.717) is 12.2 Å². The number of rotatable bonds is 1. The molecule has 1 aliphatic heterocycles. The van der Waals surface area contributed by atoms with Crippen LogP contribution in [0.5, 0.6) is 0 Å². The zero-order chi connectivity index (χ0) is 14.4. The summed E-state index contributed by atoms with van der Waals surface area (Å²) in [5.41, 5.74) is 1.82. The van der Waals surface area contributed by atoms with Crippen molar-refractivity contribution in [3.63, 3.8) is 0 Å². The van der Waals surface area contributed by atoms with E-state index in [0.717, 1.165) is 41.2 Å². The van der Waals surface area contributed by atoms with Gasteiger partial charge in [-0.15, -0.1) is 0 Å². The lowest BCUT2D eigenvalue weighted by molar-refractivity contribution is -0.125. The van der Waals surface area contributed by atoms with Crippen LogP contribution >= 0.6 is 0 Å². The molecule has 3 heteroatoms. The first-order valence-corrected chi connectivity index (χ1v) is 7.61. The van der Waals surface area contributed by atoms with E-state index >= 15 is 0 Å². The van der Waals surface area contributed by atoms with Crippen LogP contribution in [0.1, 0.15) is 47.6 Å². The maximum Gasteiger partial charge on any atom is 0.252 e. The van der Waals surface area contributed by atoms with Crippen LogP contribution in [0.25, 0.3) is 10.8 Å². The van der Waals surface area contributed by atoms with E-state index in [-0.39, 0.29) is 17.9 Å². The summed E-state index contributed by atoms with van der Waals surface area (Å²) < 4.78 is 0. The van der Waals surface area contributed by atoms with E-state index in [9.17, 15) is 9.59 Å². The Kier molecular flexibility index (Phi) is 2.81. The SMILES string of the molecule is O=C1NC(C2CCCCC2=O)c2cccc3cccc1c23. The Labute approximate surface area is 123 Å². The third-order valence-electron chi connectivity index (χ3n) is 4.81. The summed E-state index contributed by atoms with van der Waals surface area (Å²) in [5.74, 6) is 0.173. The van der Waals surface area contributed by atoms with E-state index in [1.807, 2.05) is 30.3 Å². The van der Waals surface area contributed by atoms with Gasteiger partial charge in [-0.25, -0.2) is 0 Å². The van der Waals surface area contributed by atoms with Crippen molar-refractivity contribution in [3.05, 3.63) is 47.5 Å². The third kappa shape index (κ3) is 1.88. The Morgan fingerprint density at radius 2 is 1.81 bits per heavy atom. The second-order valence-corrected chi connectivity index (χ2v) is 6.02. The molecule has 2 aromatic carbocycles. The fourth-order valence-corrected chi connectivity index (χ4v) is 3.79. The molecule has 2 aliphatic rings. The van der Waals surface area contributed by atoms with Crippen LogP contribution < -0.4 is 5.32 Å². The molecule has 0 saturated heterocycles. The highest BCUT2D eigenvalue weighted by Crippen LogP contribution is 2.39. The first-order valence-electron chi connectivity index (χ1n) is 7.61. The molecule has 1 fully saturated rings. The van der Waals surface area contributed by atoms with E-state index in [4.69, 9.17) is 0 Å². The third-order valence-corrected chi connectivity index (χ3v) is 4.81. The van der Waals surface area contributed by atoms with Gasteiger partial charge in [0.1, 0.15) is 5.78 Å². The van der Waals surface area contributed by atoms with Crippen LogP contribution in [-0.4, -0.2) is 11.7 Å². The minimum Gasteiger partial charge on any atom is -0.344 e. The van der Waals surface area contributed by atoms with Crippen molar-refractivity contribution >= 4 is 22.5 Å². The van der Waals surface area contributed by atoms with E-state index < -0.39 is 0 Å². The molecule has 106 valence electrons. The minimum atomic E-state index is -0.163. The molecule has 21 heavy (non-hydrogen) atoms. The highest BCUT2D eigenvalue weighted by atomic mass is 16.2. The van der Waals surface area contributed by atoms with Crippen LogP contribution in [0.3, 0.4) is 0 Å². The van der Waals surface area contributed by atoms with Gasteiger partial charge in [-0.05, 0) is 35.2 Å². The van der Waals surface area contributed by atoms with E-state index in [1.165, 1.54) is 0 Å². The van der Waals surface area contributed by atoms with Gasteiger partial charge in [-0.2, -0.15) is 0 Å². The fraction of sp³-hybridized carbons (Fsp3) is 0.333. The van der Waals surface area contributed by atoms with Gasteiger partial charge in [-0.1, -0.05) is 36.8 Å². The summed E-state index contributed by atoms with van der Waals surface area (Å²) >= 11 is 0. The van der Waals surface area contributed by atoms with Crippen molar-refractivity contribution in [1.29, 1.82) is 0 Å². The van der Waals surface area contributed by atoms with Gasteiger partial charge in [-0.3, -0.25) is 9.59 Å². The van der Waals surface area contributed by atoms with Gasteiger partial charge in [0.05, 0.1) is 6.04 Å². The fourth-order valence-electron chi connectivity index (χ4n) is 3.79. The standard InChI is InChI=1S/C18H17NO2/c20-15-10-2-1-7-12(15)17-13-8-3-5-11-6-4-9-14(16(11)13)18(21)19-17/h3-6,8-9,12,17H,1-2,7,10H2,(H,19,21). The number of nitrogens with one attached hydrogen (secondary N) is 1. The maximum atomic E-state index is 12.4. The van der Waals surface area contributed by atoms with Crippen molar-refractivity contribution in [3.8, 4) is 0 Å². The molecule has 2 atom stereocenters. The second-order valence-electron chi connectivity index (χ2n) is 6.02. The van der Waals surface area contributed by atoms with Crippen molar-refractivity contribution < 1.29 is 9.59 Å². The summed E-state index contributed by atoms with van der Waals surface area (Å²) in [7, 11) is 0. The molecule has 0 spiro atoms. The summed E-state index contributed by atoms with van der Waals surface area (Å²) in [6.07, 6.45) is 3.58. The Morgan fingerprint density at radius 1 is 1.00 bits per heavy atom. The number of carbonyl (C=O) groups is 2. The molecule has 4 rings (SSSR count). The van der Waals surface area contributed by atoms with Gasteiger partial charge in [0.2, 0.25) is 0 Å². The molecular weight excluding hydrogens is 262 g/mol. The molecule has 2 aromatic rings. The summed E-state index contributed by atoms with van der Waals surface area (Å²) in [4.78, 5) is 24.7. The highest BCUT2D eigenvalue weighted by Gasteiger charge is 2.36. The first kappa shape index (κ1) is 12.6. The van der Waals surface area contributed by atoms with Gasteiger partial charge in [0, 0.05) is 17.9 Å². The van der Waals surface area contributed by atoms with Crippen LogP contribution in [0.4, 0.5) is 0 Å². The average Bonchev–Trinajstić information content (AvgIpc) is 2.51. The average molecular weight is 279 g/mol. The normalized spacial score (nSPS) is 25.0. The Bertz CT molecular complexity index is 745. The number of hydrogen-bond donors (Lipinski definition) is 1. The molecule has 0 radical (unpaired) electrons. The first-order chi connectivity index (χ1) is 10.3. The molecule has 0 aromatic heterocycles. The zero-order valence-corrected chi connectivity index (χ0v) is 11.8. The molecule has 2 unspecified atom stereocenters. The molecule has 1 heterocycles. The van der Waals surface area contributed by atoms with Crippen LogP contribution in [0, 0.1) is 5.92 Å². The largest absolute Gasteiger partial charge is 0.344 e. The van der Waals surface area contributed by atoms with Crippen LogP contribution in [0.15, 0.2) is 36.4 Å². The Balaban J connectivity index is 1.90. The number of benzene rings is 2. The molecule has 3 nitrogen and oxygen atoms in total. The summed E-state index contributed by atoms with van der Waals surface area (Å²) in [6.45, 7) is 0. The van der Waals surface area contributed by atoms with Gasteiger partial charge < -0.3 is 5.32 Å². The summed E-state index contributed by atoms with van der Waals surface area (Å²) in [5, 5.41) is 5.17. The lowest BCUT2D eigenvalue weighted by Crippen LogP contribution is -2.40. The Hall–Kier alpha value is -2.16. The molecule has 0 bridgehead atoms. The van der Waals surface area contributed by atoms with Crippen LogP contribution in [-0.2, 0) is 4.79 Å². The van der Waals surface area contributed by atoms with Crippen molar-refractivity contribution in [1.82, 2.24) is 5.32 Å². The quantitative estimate of drug-likeness (QED) is 0.869. The van der Waals surface area contributed by atoms with Gasteiger partial charge >= 0.3 is 0 Å². The van der Waals surface area contributed by atoms with E-state index in [1.54, 1.807) is 0 Å². The van der Waals surface area contributed by atoms with Gasteiger partial charge in [0.15, 0.2) is 0 Å². The zero-order valence-electron chi connectivity index (χ0n) is 11.8. The van der Waals surface area contributed by atoms with Crippen molar-refractivity contribution in [2.24, 2.45) is 5.92 Å². The van der Waals surface area contributed by atoms with Crippen molar-refractivity contribution in [2.45, 2.75) is 31.7 Å². The molecule has 1 N–H and O–H groups in total. The minimum absolute atomic E-state index is 0.0531. The molecule has 1 amide bonds. The lowest BCUT2D eigenvalue weighted by Gasteiger charge is -2.34. The van der Waals surface area contributed by atoms with Crippen molar-refractivity contribution in [2.75, 3.05) is 0 Å². The number of hydrogen-bond acceptors (Lipinski definition) is 2. The van der Waals surface area contributed by atoms with E-state index in [2.05, 4.69) is 11.4 Å². The topological polar surface area (TPSA) is 46.2 Å². The predicted octanol–water partition coefficient (Wildman–Crippen LogP) is 3.38. The monoisotopic (exact) mass is 279 g/mol. The number of ketones is 1. The number of Topliss-reactive ketones (excluding diaryl/α,β-unsaturated/α-hetero) is 1. The molecule has 1 aliphatic carbocycles. The smallest absolute Gasteiger partial charge is 0.252 e. The lowest BCUT2D eigenvalue weighted by atomic mass is 9.77. The number of amides is 1. The second kappa shape index (κ2) is 4.69. The van der Waals surface area contributed by atoms with Crippen LogP contribution in [0.2, 0.25) is 0 Å². The molecule has 1 saturated carbocycles. The summed E-state index contributed by atoms with van der Waals surface area (Å²) in [6, 6.07) is 11.7. The molecular formula is C18H17NO2. The number of carbonyl (C=O) groups excluding carboxylic acids is 2. The highest BCUT2D eigenvalue weighted by molar-refractivity contribution is 6.11. The maximum absolute atomic E-state index is 12.4. The predicted molar refractivity (Wildman–Crippen MR) is 81.1 cm³/mol. The Morgan fingerprint density at radius 3 is 2.62 bits per heavy atom. The van der Waals surface area contributed by atoms with Gasteiger partial charge in [0.25, 0.3) is 5.91 Å².